The van der Waals surface area contributed by atoms with Crippen molar-refractivity contribution >= 4 is 32.5 Å². The summed E-state index contributed by atoms with van der Waals surface area (Å²) in [6, 6.07) is 5.53. The van der Waals surface area contributed by atoms with Gasteiger partial charge in [0.2, 0.25) is 0 Å². The molecule has 21 heavy (non-hydrogen) atoms. The van der Waals surface area contributed by atoms with E-state index in [4.69, 9.17) is 11.6 Å². The van der Waals surface area contributed by atoms with E-state index in [-0.39, 0.29) is 16.8 Å². The van der Waals surface area contributed by atoms with Crippen molar-refractivity contribution in [1.29, 1.82) is 0 Å². The second-order valence-corrected chi connectivity index (χ2v) is 7.67. The summed E-state index contributed by atoms with van der Waals surface area (Å²) < 4.78 is 25.9. The highest BCUT2D eigenvalue weighted by Crippen LogP contribution is 2.29. The second kappa shape index (κ2) is 6.36. The number of benzene rings is 1. The Morgan fingerprint density at radius 2 is 2.10 bits per heavy atom. The number of para-hydroxylation sites is 1. The van der Waals surface area contributed by atoms with Crippen LogP contribution in [0.4, 0.5) is 0 Å². The third-order valence-electron chi connectivity index (χ3n) is 3.69. The molecule has 1 aromatic carbocycles. The zero-order valence-corrected chi connectivity index (χ0v) is 14.2. The summed E-state index contributed by atoms with van der Waals surface area (Å²) >= 11 is 6.02. The Kier molecular flexibility index (Phi) is 4.94. The maximum atomic E-state index is 11.9. The molecule has 1 aromatic heterocycles. The molecular weight excluding hydrogens is 308 g/mol. The van der Waals surface area contributed by atoms with Crippen molar-refractivity contribution in [2.75, 3.05) is 6.26 Å². The Morgan fingerprint density at radius 3 is 2.67 bits per heavy atom. The van der Waals surface area contributed by atoms with Crippen molar-refractivity contribution < 1.29 is 8.42 Å². The van der Waals surface area contributed by atoms with E-state index in [2.05, 4.69) is 23.4 Å². The average Bonchev–Trinajstić information content (AvgIpc) is 2.81. The van der Waals surface area contributed by atoms with E-state index in [0.29, 0.717) is 5.52 Å². The number of hydrogen-bond acceptors (Lipinski definition) is 3. The van der Waals surface area contributed by atoms with Crippen molar-refractivity contribution in [2.24, 2.45) is 0 Å². The molecule has 0 saturated heterocycles. The zero-order chi connectivity index (χ0) is 15.6. The summed E-state index contributed by atoms with van der Waals surface area (Å²) in [4.78, 5) is 4.75. The van der Waals surface area contributed by atoms with Crippen LogP contribution in [0.2, 0.25) is 0 Å². The molecule has 0 radical (unpaired) electrons. The Bertz CT molecular complexity index is 737. The van der Waals surface area contributed by atoms with Gasteiger partial charge in [-0.25, -0.2) is 13.4 Å². The third-order valence-corrected chi connectivity index (χ3v) is 5.06. The topological polar surface area (TPSA) is 52.0 Å². The molecule has 1 heterocycles. The van der Waals surface area contributed by atoms with Crippen LogP contribution in [0.5, 0.6) is 0 Å². The first kappa shape index (κ1) is 16.3. The third kappa shape index (κ3) is 3.24. The molecule has 0 spiro atoms. The fourth-order valence-electron chi connectivity index (χ4n) is 2.65. The van der Waals surface area contributed by atoms with Gasteiger partial charge in [-0.3, -0.25) is 0 Å². The minimum absolute atomic E-state index is 0.249. The van der Waals surface area contributed by atoms with Crippen LogP contribution >= 0.6 is 11.6 Å². The van der Waals surface area contributed by atoms with Crippen LogP contribution in [-0.4, -0.2) is 24.2 Å². The van der Waals surface area contributed by atoms with E-state index in [1.807, 2.05) is 6.07 Å². The van der Waals surface area contributed by atoms with Crippen LogP contribution in [0, 0.1) is 0 Å². The molecular formula is C15H21ClN2O2S. The molecule has 0 amide bonds. The fraction of sp³-hybridized carbons (Fsp3) is 0.533. The summed E-state index contributed by atoms with van der Waals surface area (Å²) in [5.74, 6) is 1.00. The van der Waals surface area contributed by atoms with Crippen molar-refractivity contribution in [2.45, 2.75) is 49.9 Å². The van der Waals surface area contributed by atoms with Crippen molar-refractivity contribution in [3.63, 3.8) is 0 Å². The highest BCUT2D eigenvalue weighted by Gasteiger charge is 2.20. The number of alkyl halides is 1. The lowest BCUT2D eigenvalue weighted by molar-refractivity contribution is 0.485. The van der Waals surface area contributed by atoms with E-state index >= 15 is 0 Å². The summed E-state index contributed by atoms with van der Waals surface area (Å²) in [5, 5.41) is 0. The number of imidazole rings is 1. The molecule has 0 N–H and O–H groups in total. The van der Waals surface area contributed by atoms with Gasteiger partial charge in [-0.05, 0) is 25.5 Å². The first-order chi connectivity index (χ1) is 9.90. The van der Waals surface area contributed by atoms with Gasteiger partial charge in [0, 0.05) is 12.3 Å². The smallest absolute Gasteiger partial charge is 0.177 e. The van der Waals surface area contributed by atoms with Crippen LogP contribution < -0.4 is 0 Å². The molecule has 0 fully saturated rings. The molecule has 0 saturated carbocycles. The Labute approximate surface area is 131 Å². The predicted molar refractivity (Wildman–Crippen MR) is 86.6 cm³/mol. The molecule has 0 aliphatic rings. The van der Waals surface area contributed by atoms with Gasteiger partial charge >= 0.3 is 0 Å². The van der Waals surface area contributed by atoms with E-state index in [1.165, 1.54) is 6.26 Å². The summed E-state index contributed by atoms with van der Waals surface area (Å²) in [6.45, 7) is 4.28. The summed E-state index contributed by atoms with van der Waals surface area (Å²) in [5.41, 5.74) is 1.37. The Balaban J connectivity index is 2.65. The average molecular weight is 329 g/mol. The lowest BCUT2D eigenvalue weighted by Gasteiger charge is -2.16. The molecule has 0 aliphatic carbocycles. The lowest BCUT2D eigenvalue weighted by Crippen LogP contribution is -2.08. The number of rotatable bonds is 6. The van der Waals surface area contributed by atoms with E-state index in [9.17, 15) is 8.42 Å². The maximum Gasteiger partial charge on any atom is 0.177 e. The number of unbranched alkanes of at least 4 members (excludes halogenated alkanes) is 1. The van der Waals surface area contributed by atoms with Crippen molar-refractivity contribution in [3.05, 3.63) is 24.0 Å². The number of nitrogens with zero attached hydrogens (tertiary/aromatic N) is 2. The first-order valence-corrected chi connectivity index (χ1v) is 9.58. The van der Waals surface area contributed by atoms with Crippen LogP contribution in [0.25, 0.3) is 11.0 Å². The van der Waals surface area contributed by atoms with Crippen LogP contribution in [0.3, 0.4) is 0 Å². The SMILES string of the molecule is CCCCC(C)n1c(CCl)nc2c(S(C)(=O)=O)cccc21. The minimum Gasteiger partial charge on any atom is -0.324 e. The normalized spacial score (nSPS) is 13.7. The number of hydrogen-bond donors (Lipinski definition) is 0. The van der Waals surface area contributed by atoms with Gasteiger partial charge in [0.1, 0.15) is 11.3 Å². The van der Waals surface area contributed by atoms with Crippen LogP contribution in [0.1, 0.15) is 45.0 Å². The Morgan fingerprint density at radius 1 is 1.38 bits per heavy atom. The number of sulfone groups is 1. The maximum absolute atomic E-state index is 11.9. The number of aromatic nitrogens is 2. The molecule has 2 aromatic rings. The lowest BCUT2D eigenvalue weighted by atomic mass is 10.1. The van der Waals surface area contributed by atoms with Crippen molar-refractivity contribution in [3.8, 4) is 0 Å². The molecule has 0 aliphatic heterocycles. The minimum atomic E-state index is -3.30. The molecule has 0 bridgehead atoms. The van der Waals surface area contributed by atoms with Crippen LogP contribution in [-0.2, 0) is 15.7 Å². The van der Waals surface area contributed by atoms with E-state index < -0.39 is 9.84 Å². The number of fused-ring (bicyclic) bond motifs is 1. The molecule has 1 atom stereocenters. The van der Waals surface area contributed by atoms with Gasteiger partial charge in [0.25, 0.3) is 0 Å². The molecule has 116 valence electrons. The first-order valence-electron chi connectivity index (χ1n) is 7.16. The zero-order valence-electron chi connectivity index (χ0n) is 12.6. The summed E-state index contributed by atoms with van der Waals surface area (Å²) in [6.07, 6.45) is 4.48. The molecule has 6 heteroatoms. The quantitative estimate of drug-likeness (QED) is 0.755. The molecule has 1 unspecified atom stereocenters. The van der Waals surface area contributed by atoms with Gasteiger partial charge in [0.05, 0.1) is 16.3 Å². The van der Waals surface area contributed by atoms with Crippen LogP contribution in [0.15, 0.2) is 23.1 Å². The van der Waals surface area contributed by atoms with E-state index in [0.717, 1.165) is 30.6 Å². The van der Waals surface area contributed by atoms with Gasteiger partial charge < -0.3 is 4.57 Å². The van der Waals surface area contributed by atoms with Gasteiger partial charge in [0.15, 0.2) is 9.84 Å². The summed E-state index contributed by atoms with van der Waals surface area (Å²) in [7, 11) is -3.30. The van der Waals surface area contributed by atoms with E-state index in [1.54, 1.807) is 12.1 Å². The van der Waals surface area contributed by atoms with Gasteiger partial charge in [-0.2, -0.15) is 0 Å². The van der Waals surface area contributed by atoms with Gasteiger partial charge in [-0.1, -0.05) is 25.8 Å². The Hall–Kier alpha value is -1.07. The van der Waals surface area contributed by atoms with Gasteiger partial charge in [-0.15, -0.1) is 11.6 Å². The molecule has 4 nitrogen and oxygen atoms in total. The number of halogens is 1. The fourth-order valence-corrected chi connectivity index (χ4v) is 3.67. The highest BCUT2D eigenvalue weighted by molar-refractivity contribution is 7.91. The second-order valence-electron chi connectivity index (χ2n) is 5.42. The predicted octanol–water partition coefficient (Wildman–Crippen LogP) is 3.93. The standard InChI is InChI=1S/C15H21ClN2O2S/c1-4-5-7-11(2)18-12-8-6-9-13(21(3,19)20)15(12)17-14(18)10-16/h6,8-9,11H,4-5,7,10H2,1-3H3. The monoisotopic (exact) mass is 328 g/mol. The van der Waals surface area contributed by atoms with Crippen molar-refractivity contribution in [1.82, 2.24) is 9.55 Å². The molecule has 2 rings (SSSR count). The largest absolute Gasteiger partial charge is 0.324 e. The highest BCUT2D eigenvalue weighted by atomic mass is 35.5.